The highest BCUT2D eigenvalue weighted by molar-refractivity contribution is 5.83. The maximum atomic E-state index is 9.77. The molecule has 0 aliphatic carbocycles. The normalized spacial score (nSPS) is 8.00. The second kappa shape index (κ2) is 19.3. The molecule has 1 aromatic carbocycles. The van der Waals surface area contributed by atoms with Crippen molar-refractivity contribution in [3.8, 4) is 0 Å². The fourth-order valence-electron chi connectivity index (χ4n) is 0.815. The van der Waals surface area contributed by atoms with E-state index in [1.54, 1.807) is 6.92 Å². The topological polar surface area (TPSA) is 139 Å². The average molecular weight is 294 g/mol. The molecule has 0 aliphatic rings. The summed E-state index contributed by atoms with van der Waals surface area (Å²) < 4.78 is 0. The van der Waals surface area contributed by atoms with Gasteiger partial charge in [-0.2, -0.15) is 0 Å². The van der Waals surface area contributed by atoms with Crippen LogP contribution in [0.15, 0.2) is 42.2 Å². The first-order valence-corrected chi connectivity index (χ1v) is 5.62. The first-order chi connectivity index (χ1) is 9.90. The number of carboxylic acid groups (broad SMARTS) is 1. The van der Waals surface area contributed by atoms with Gasteiger partial charge in [0.2, 0.25) is 12.2 Å². The van der Waals surface area contributed by atoms with E-state index < -0.39 is 11.7 Å². The molecule has 0 radical (unpaired) electrons. The van der Waals surface area contributed by atoms with E-state index in [2.05, 4.69) is 19.1 Å². The van der Waals surface area contributed by atoms with E-state index in [0.29, 0.717) is 6.42 Å². The van der Waals surface area contributed by atoms with Gasteiger partial charge in [0.25, 0.3) is 0 Å². The number of hydrogen-bond donors (Lipinski definition) is 4. The van der Waals surface area contributed by atoms with Crippen LogP contribution in [-0.4, -0.2) is 28.3 Å². The van der Waals surface area contributed by atoms with Gasteiger partial charge < -0.3 is 10.2 Å². The Balaban J connectivity index is -0.000000227. The SMILES string of the molecule is CC/C=C(\O)C(=O)O.Cc1ccccc1.N=C=O.N=C=O. The summed E-state index contributed by atoms with van der Waals surface area (Å²) in [6.07, 6.45) is 3.28. The number of aliphatic hydroxyl groups excluding tert-OH is 1. The van der Waals surface area contributed by atoms with E-state index in [0.717, 1.165) is 12.2 Å². The van der Waals surface area contributed by atoms with Crippen molar-refractivity contribution in [1.82, 2.24) is 0 Å². The zero-order chi connectivity index (χ0) is 17.1. The van der Waals surface area contributed by atoms with Gasteiger partial charge in [0.15, 0.2) is 5.76 Å². The summed E-state index contributed by atoms with van der Waals surface area (Å²) >= 11 is 0. The predicted octanol–water partition coefficient (Wildman–Crippen LogP) is 2.72. The molecular weight excluding hydrogens is 276 g/mol. The lowest BCUT2D eigenvalue weighted by Gasteiger charge is -1.86. The number of allylic oxidation sites excluding steroid dienone is 1. The van der Waals surface area contributed by atoms with Crippen LogP contribution in [0.5, 0.6) is 0 Å². The Labute approximate surface area is 122 Å². The number of aliphatic carboxylic acids is 1. The molecule has 1 rings (SSSR count). The predicted molar refractivity (Wildman–Crippen MR) is 76.6 cm³/mol. The van der Waals surface area contributed by atoms with E-state index >= 15 is 0 Å². The van der Waals surface area contributed by atoms with Crippen molar-refractivity contribution in [2.45, 2.75) is 20.3 Å². The minimum Gasteiger partial charge on any atom is -0.502 e. The van der Waals surface area contributed by atoms with E-state index in [4.69, 9.17) is 30.6 Å². The Morgan fingerprint density at radius 1 is 1.14 bits per heavy atom. The molecule has 0 saturated carbocycles. The number of isocyanates is 2. The van der Waals surface area contributed by atoms with Gasteiger partial charge in [-0.05, 0) is 19.4 Å². The quantitative estimate of drug-likeness (QED) is 0.287. The average Bonchev–Trinajstić information content (AvgIpc) is 2.42. The number of carbonyl (C=O) groups is 1. The van der Waals surface area contributed by atoms with Gasteiger partial charge >= 0.3 is 5.97 Å². The molecule has 0 atom stereocenters. The highest BCUT2D eigenvalue weighted by atomic mass is 16.4. The molecule has 1 aromatic rings. The van der Waals surface area contributed by atoms with Crippen LogP contribution >= 0.6 is 0 Å². The van der Waals surface area contributed by atoms with Gasteiger partial charge in [0.05, 0.1) is 0 Å². The molecule has 0 heterocycles. The first-order valence-electron chi connectivity index (χ1n) is 5.62. The van der Waals surface area contributed by atoms with Crippen LogP contribution in [0.2, 0.25) is 0 Å². The molecule has 0 aliphatic heterocycles. The third-order valence-corrected chi connectivity index (χ3v) is 1.56. The molecule has 7 nitrogen and oxygen atoms in total. The molecule has 4 N–H and O–H groups in total. The van der Waals surface area contributed by atoms with Gasteiger partial charge in [-0.25, -0.2) is 25.2 Å². The monoisotopic (exact) mass is 294 g/mol. The van der Waals surface area contributed by atoms with Crippen LogP contribution in [-0.2, 0) is 14.4 Å². The van der Waals surface area contributed by atoms with E-state index in [-0.39, 0.29) is 0 Å². The highest BCUT2D eigenvalue weighted by Gasteiger charge is 1.99. The van der Waals surface area contributed by atoms with Gasteiger partial charge in [0.1, 0.15) is 0 Å². The van der Waals surface area contributed by atoms with Crippen molar-refractivity contribution in [2.24, 2.45) is 0 Å². The second-order valence-electron chi connectivity index (χ2n) is 3.16. The zero-order valence-corrected chi connectivity index (χ0v) is 11.8. The number of hydrogen-bond acceptors (Lipinski definition) is 6. The van der Waals surface area contributed by atoms with Crippen molar-refractivity contribution in [1.29, 1.82) is 10.8 Å². The summed E-state index contributed by atoms with van der Waals surface area (Å²) in [4.78, 5) is 26.5. The Hall–Kier alpha value is -3.01. The highest BCUT2D eigenvalue weighted by Crippen LogP contribution is 1.92. The van der Waals surface area contributed by atoms with Crippen LogP contribution in [0, 0.1) is 17.7 Å². The number of benzene rings is 1. The number of nitrogens with one attached hydrogen (secondary N) is 2. The third kappa shape index (κ3) is 26.6. The van der Waals surface area contributed by atoms with Gasteiger partial charge in [0, 0.05) is 0 Å². The summed E-state index contributed by atoms with van der Waals surface area (Å²) in [6, 6.07) is 10.3. The number of aliphatic hydroxyl groups is 1. The summed E-state index contributed by atoms with van der Waals surface area (Å²) in [6.45, 7) is 3.83. The summed E-state index contributed by atoms with van der Waals surface area (Å²) in [5, 5.41) is 27.2. The molecule has 0 amide bonds. The summed E-state index contributed by atoms with van der Waals surface area (Å²) in [5.41, 5.74) is 1.32. The van der Waals surface area contributed by atoms with Crippen LogP contribution in [0.3, 0.4) is 0 Å². The number of rotatable bonds is 2. The van der Waals surface area contributed by atoms with Crippen molar-refractivity contribution < 1.29 is 24.6 Å². The number of carboxylic acids is 1. The van der Waals surface area contributed by atoms with Crippen molar-refractivity contribution >= 4 is 18.1 Å². The van der Waals surface area contributed by atoms with Crippen molar-refractivity contribution in [3.63, 3.8) is 0 Å². The Morgan fingerprint density at radius 2 is 1.52 bits per heavy atom. The van der Waals surface area contributed by atoms with E-state index in [1.807, 2.05) is 18.2 Å². The molecular formula is C14H18N2O5. The summed E-state index contributed by atoms with van der Waals surface area (Å²) in [5.74, 6) is -1.85. The van der Waals surface area contributed by atoms with Gasteiger partial charge in [-0.3, -0.25) is 0 Å². The number of carbonyl (C=O) groups excluding carboxylic acids is 2. The standard InChI is InChI=1S/C7H8.C5H8O3.2CHNO/c1-7-5-3-2-4-6-7;1-2-3-4(6)5(7)8;2*2-1-3/h2-6H,1H3;3,6H,2H2,1H3,(H,7,8);2*2H/b;4-3-;;. The van der Waals surface area contributed by atoms with E-state index in [9.17, 15) is 4.79 Å². The molecule has 7 heteroatoms. The van der Waals surface area contributed by atoms with Crippen LogP contribution in [0.1, 0.15) is 18.9 Å². The number of aryl methyl sites for hydroxylation is 1. The Morgan fingerprint density at radius 3 is 1.67 bits per heavy atom. The maximum absolute atomic E-state index is 9.77. The van der Waals surface area contributed by atoms with E-state index in [1.165, 1.54) is 11.6 Å². The molecule has 0 aromatic heterocycles. The van der Waals surface area contributed by atoms with Crippen molar-refractivity contribution in [2.75, 3.05) is 0 Å². The fraction of sp³-hybridized carbons (Fsp3) is 0.214. The maximum Gasteiger partial charge on any atom is 0.370 e. The van der Waals surface area contributed by atoms with Crippen LogP contribution in [0.4, 0.5) is 0 Å². The Kier molecular flexibility index (Phi) is 21.3. The molecule has 0 fully saturated rings. The zero-order valence-electron chi connectivity index (χ0n) is 11.8. The lowest BCUT2D eigenvalue weighted by atomic mass is 10.2. The second-order valence-corrected chi connectivity index (χ2v) is 3.16. The smallest absolute Gasteiger partial charge is 0.370 e. The lowest BCUT2D eigenvalue weighted by Crippen LogP contribution is -1.97. The minimum atomic E-state index is -1.27. The van der Waals surface area contributed by atoms with Crippen molar-refractivity contribution in [3.05, 3.63) is 47.7 Å². The first kappa shape index (κ1) is 23.1. The molecule has 0 unspecified atom stereocenters. The Bertz CT molecular complexity index is 459. The van der Waals surface area contributed by atoms with Crippen LogP contribution < -0.4 is 0 Å². The largest absolute Gasteiger partial charge is 0.502 e. The fourth-order valence-corrected chi connectivity index (χ4v) is 0.815. The summed E-state index contributed by atoms with van der Waals surface area (Å²) in [7, 11) is 0. The molecule has 0 bridgehead atoms. The molecule has 21 heavy (non-hydrogen) atoms. The molecule has 0 spiro atoms. The minimum absolute atomic E-state index is 0.540. The molecule has 114 valence electrons. The third-order valence-electron chi connectivity index (χ3n) is 1.56. The molecule has 0 saturated heterocycles. The van der Waals surface area contributed by atoms with Gasteiger partial charge in [-0.1, -0.05) is 42.8 Å². The van der Waals surface area contributed by atoms with Gasteiger partial charge in [-0.15, -0.1) is 0 Å². The lowest BCUT2D eigenvalue weighted by molar-refractivity contribution is -0.135. The van der Waals surface area contributed by atoms with Crippen LogP contribution in [0.25, 0.3) is 0 Å².